The van der Waals surface area contributed by atoms with Gasteiger partial charge in [0.1, 0.15) is 5.82 Å². The molecule has 118 valence electrons. The number of carbonyl (C=O) groups is 1. The molecule has 22 heavy (non-hydrogen) atoms. The van der Waals surface area contributed by atoms with Crippen molar-refractivity contribution >= 4 is 17.2 Å². The maximum absolute atomic E-state index is 12.1. The van der Waals surface area contributed by atoms with Crippen molar-refractivity contribution in [2.45, 2.75) is 40.0 Å². The van der Waals surface area contributed by atoms with Crippen LogP contribution in [0.1, 0.15) is 41.8 Å². The number of hydrogen-bond acceptors (Lipinski definition) is 3. The summed E-state index contributed by atoms with van der Waals surface area (Å²) in [5, 5.41) is 0. The van der Waals surface area contributed by atoms with Crippen LogP contribution in [-0.4, -0.2) is 33.9 Å². The second kappa shape index (κ2) is 5.88. The van der Waals surface area contributed by atoms with Gasteiger partial charge in [-0.2, -0.15) is 0 Å². The van der Waals surface area contributed by atoms with Gasteiger partial charge in [-0.05, 0) is 25.8 Å². The smallest absolute Gasteiger partial charge is 0.223 e. The third kappa shape index (κ3) is 2.95. The van der Waals surface area contributed by atoms with Crippen LogP contribution in [0.25, 0.3) is 11.3 Å². The molecule has 0 aromatic carbocycles. The van der Waals surface area contributed by atoms with E-state index in [4.69, 9.17) is 0 Å². The molecular weight excluding hydrogens is 294 g/mol. The molecule has 0 saturated carbocycles. The number of thiophene rings is 1. The normalized spacial score (nSPS) is 18.7. The lowest BCUT2D eigenvalue weighted by atomic mass is 10.1. The molecule has 1 fully saturated rings. The first-order valence-corrected chi connectivity index (χ1v) is 8.65. The van der Waals surface area contributed by atoms with E-state index in [1.165, 1.54) is 15.3 Å². The number of nitrogens with one attached hydrogen (secondary N) is 1. The van der Waals surface area contributed by atoms with E-state index in [0.29, 0.717) is 12.3 Å². The summed E-state index contributed by atoms with van der Waals surface area (Å²) >= 11 is 1.80. The summed E-state index contributed by atoms with van der Waals surface area (Å²) in [4.78, 5) is 24.7. The molecule has 1 saturated heterocycles. The van der Waals surface area contributed by atoms with E-state index in [1.54, 1.807) is 11.3 Å². The van der Waals surface area contributed by atoms with Gasteiger partial charge in [0.2, 0.25) is 5.91 Å². The summed E-state index contributed by atoms with van der Waals surface area (Å²) in [5.41, 5.74) is 2.29. The Morgan fingerprint density at radius 1 is 1.45 bits per heavy atom. The van der Waals surface area contributed by atoms with Crippen LogP contribution in [0, 0.1) is 19.8 Å². The number of hydrogen-bond donors (Lipinski definition) is 1. The molecule has 0 bridgehead atoms. The van der Waals surface area contributed by atoms with Gasteiger partial charge in [-0.15, -0.1) is 11.3 Å². The molecule has 0 aliphatic carbocycles. The molecule has 1 atom stereocenters. The largest absolute Gasteiger partial charge is 0.342 e. The highest BCUT2D eigenvalue weighted by atomic mass is 32.1. The minimum Gasteiger partial charge on any atom is -0.342 e. The Labute approximate surface area is 135 Å². The third-order valence-corrected chi connectivity index (χ3v) is 5.08. The number of aromatic amines is 1. The van der Waals surface area contributed by atoms with Gasteiger partial charge in [-0.3, -0.25) is 4.79 Å². The van der Waals surface area contributed by atoms with E-state index >= 15 is 0 Å². The van der Waals surface area contributed by atoms with Crippen LogP contribution >= 0.6 is 11.3 Å². The van der Waals surface area contributed by atoms with Gasteiger partial charge in [0.05, 0.1) is 11.9 Å². The summed E-state index contributed by atoms with van der Waals surface area (Å²) in [7, 11) is 0. The molecule has 3 rings (SSSR count). The number of aryl methyl sites for hydroxylation is 2. The molecule has 4 nitrogen and oxygen atoms in total. The van der Waals surface area contributed by atoms with Crippen LogP contribution in [-0.2, 0) is 4.79 Å². The zero-order chi connectivity index (χ0) is 15.9. The van der Waals surface area contributed by atoms with E-state index < -0.39 is 0 Å². The van der Waals surface area contributed by atoms with E-state index in [0.717, 1.165) is 24.6 Å². The summed E-state index contributed by atoms with van der Waals surface area (Å²) in [6.07, 6.45) is 2.47. The lowest BCUT2D eigenvalue weighted by Crippen LogP contribution is -2.29. The number of aromatic nitrogens is 2. The molecule has 1 aliphatic rings. The van der Waals surface area contributed by atoms with Gasteiger partial charge in [-0.25, -0.2) is 4.98 Å². The van der Waals surface area contributed by atoms with Crippen molar-refractivity contribution in [3.05, 3.63) is 27.8 Å². The molecule has 0 radical (unpaired) electrons. The van der Waals surface area contributed by atoms with Crippen molar-refractivity contribution in [1.29, 1.82) is 0 Å². The van der Waals surface area contributed by atoms with Gasteiger partial charge >= 0.3 is 0 Å². The second-order valence-corrected chi connectivity index (χ2v) is 8.06. The van der Waals surface area contributed by atoms with Gasteiger partial charge in [0.15, 0.2) is 0 Å². The Kier molecular flexibility index (Phi) is 4.08. The summed E-state index contributed by atoms with van der Waals surface area (Å²) in [6.45, 7) is 10.2. The molecule has 1 unspecified atom stereocenters. The number of rotatable bonds is 4. The van der Waals surface area contributed by atoms with Crippen LogP contribution in [0.2, 0.25) is 0 Å². The first kappa shape index (κ1) is 15.3. The average Bonchev–Trinajstić information content (AvgIpc) is 3.10. The third-order valence-electron chi connectivity index (χ3n) is 4.11. The first-order chi connectivity index (χ1) is 10.4. The van der Waals surface area contributed by atoms with Gasteiger partial charge in [0.25, 0.3) is 0 Å². The Morgan fingerprint density at radius 2 is 2.23 bits per heavy atom. The van der Waals surface area contributed by atoms with Crippen molar-refractivity contribution in [3.8, 4) is 11.3 Å². The van der Waals surface area contributed by atoms with Crippen LogP contribution in [0.15, 0.2) is 12.3 Å². The SMILES string of the molecule is Cc1cc(-c2cnc(C3CC(=O)N(CC(C)C)C3)[nH]2)c(C)s1. The van der Waals surface area contributed by atoms with E-state index in [-0.39, 0.29) is 11.8 Å². The maximum Gasteiger partial charge on any atom is 0.223 e. The Morgan fingerprint density at radius 3 is 2.86 bits per heavy atom. The van der Waals surface area contributed by atoms with Crippen molar-refractivity contribution in [2.75, 3.05) is 13.1 Å². The summed E-state index contributed by atoms with van der Waals surface area (Å²) < 4.78 is 0. The fourth-order valence-electron chi connectivity index (χ4n) is 3.15. The van der Waals surface area contributed by atoms with Crippen molar-refractivity contribution < 1.29 is 4.79 Å². The zero-order valence-corrected chi connectivity index (χ0v) is 14.5. The summed E-state index contributed by atoms with van der Waals surface area (Å²) in [5.74, 6) is 1.89. The Balaban J connectivity index is 1.77. The fraction of sp³-hybridized carbons (Fsp3) is 0.529. The molecular formula is C17H23N3OS. The predicted octanol–water partition coefficient (Wildman–Crippen LogP) is 3.73. The standard InChI is InChI=1S/C17H23N3OS/c1-10(2)8-20-9-13(6-16(20)21)17-18-7-15(19-17)14-5-11(3)22-12(14)4/h5,7,10,13H,6,8-9H2,1-4H3,(H,18,19). The number of amides is 1. The number of carbonyl (C=O) groups excluding carboxylic acids is 1. The van der Waals surface area contributed by atoms with Crippen LogP contribution in [0.5, 0.6) is 0 Å². The highest BCUT2D eigenvalue weighted by Crippen LogP contribution is 2.32. The molecule has 1 aliphatic heterocycles. The first-order valence-electron chi connectivity index (χ1n) is 7.84. The van der Waals surface area contributed by atoms with Crippen LogP contribution in [0.4, 0.5) is 0 Å². The van der Waals surface area contributed by atoms with Crippen molar-refractivity contribution in [2.24, 2.45) is 5.92 Å². The molecule has 3 heterocycles. The van der Waals surface area contributed by atoms with Crippen LogP contribution < -0.4 is 0 Å². The zero-order valence-electron chi connectivity index (χ0n) is 13.6. The molecule has 0 spiro atoms. The highest BCUT2D eigenvalue weighted by Gasteiger charge is 2.32. The van der Waals surface area contributed by atoms with Gasteiger partial charge in [-0.1, -0.05) is 13.8 Å². The summed E-state index contributed by atoms with van der Waals surface area (Å²) in [6, 6.07) is 2.20. The van der Waals surface area contributed by atoms with Crippen LogP contribution in [0.3, 0.4) is 0 Å². The van der Waals surface area contributed by atoms with Crippen molar-refractivity contribution in [3.63, 3.8) is 0 Å². The highest BCUT2D eigenvalue weighted by molar-refractivity contribution is 7.12. The Bertz CT molecular complexity index is 686. The van der Waals surface area contributed by atoms with Crippen molar-refractivity contribution in [1.82, 2.24) is 14.9 Å². The van der Waals surface area contributed by atoms with E-state index in [2.05, 4.69) is 43.7 Å². The number of imidazole rings is 1. The predicted molar refractivity (Wildman–Crippen MR) is 90.2 cm³/mol. The average molecular weight is 317 g/mol. The molecule has 5 heteroatoms. The number of H-pyrrole nitrogens is 1. The molecule has 2 aromatic heterocycles. The fourth-order valence-corrected chi connectivity index (χ4v) is 4.09. The van der Waals surface area contributed by atoms with Gasteiger partial charge < -0.3 is 9.88 Å². The molecule has 2 aromatic rings. The monoisotopic (exact) mass is 317 g/mol. The molecule has 1 amide bonds. The Hall–Kier alpha value is -1.62. The van der Waals surface area contributed by atoms with Gasteiger partial charge in [0, 0.05) is 40.7 Å². The number of likely N-dealkylation sites (tertiary alicyclic amines) is 1. The minimum absolute atomic E-state index is 0.194. The van der Waals surface area contributed by atoms with E-state index in [9.17, 15) is 4.79 Å². The maximum atomic E-state index is 12.1. The lowest BCUT2D eigenvalue weighted by molar-refractivity contribution is -0.128. The quantitative estimate of drug-likeness (QED) is 0.934. The number of nitrogens with zero attached hydrogens (tertiary/aromatic N) is 2. The minimum atomic E-state index is 0.194. The lowest BCUT2D eigenvalue weighted by Gasteiger charge is -2.18. The van der Waals surface area contributed by atoms with E-state index in [1.807, 2.05) is 11.1 Å². The topological polar surface area (TPSA) is 49.0 Å². The second-order valence-electron chi connectivity index (χ2n) is 6.60. The molecule has 1 N–H and O–H groups in total.